The van der Waals surface area contributed by atoms with Crippen LogP contribution in [0.3, 0.4) is 0 Å². The van der Waals surface area contributed by atoms with Crippen molar-refractivity contribution in [1.82, 2.24) is 0 Å². The third-order valence-corrected chi connectivity index (χ3v) is 3.74. The van der Waals surface area contributed by atoms with E-state index in [9.17, 15) is 0 Å². The molecule has 2 rings (SSSR count). The van der Waals surface area contributed by atoms with Gasteiger partial charge in [-0.2, -0.15) is 0 Å². The Bertz CT molecular complexity index is 243. The molecule has 0 aromatic heterocycles. The van der Waals surface area contributed by atoms with Gasteiger partial charge in [0.25, 0.3) is 0 Å². The van der Waals surface area contributed by atoms with Crippen LogP contribution >= 0.6 is 0 Å². The van der Waals surface area contributed by atoms with E-state index in [1.54, 1.807) is 5.57 Å². The summed E-state index contributed by atoms with van der Waals surface area (Å²) in [6.45, 7) is 0. The molecule has 0 aromatic carbocycles. The third-order valence-electron chi connectivity index (χ3n) is 3.74. The molecular formula is C15H24. The van der Waals surface area contributed by atoms with Crippen LogP contribution in [0.25, 0.3) is 0 Å². The summed E-state index contributed by atoms with van der Waals surface area (Å²) >= 11 is 0. The molecule has 1 fully saturated rings. The molecule has 0 heterocycles. The van der Waals surface area contributed by atoms with Crippen molar-refractivity contribution in [3.05, 3.63) is 17.4 Å². The van der Waals surface area contributed by atoms with Crippen LogP contribution in [0, 0.1) is 5.92 Å². The minimum absolute atomic E-state index is 0.934. The summed E-state index contributed by atoms with van der Waals surface area (Å²) in [5.74, 6) is 0.934. The quantitative estimate of drug-likeness (QED) is 0.487. The van der Waals surface area contributed by atoms with Crippen LogP contribution in [0.15, 0.2) is 17.4 Å². The highest BCUT2D eigenvalue weighted by Gasteiger charge is 2.28. The summed E-state index contributed by atoms with van der Waals surface area (Å²) in [5, 5.41) is 0. The fourth-order valence-corrected chi connectivity index (χ4v) is 2.56. The molecule has 1 unspecified atom stereocenters. The number of allylic oxidation sites excluding steroid dienone is 1. The Kier molecular flexibility index (Phi) is 4.54. The van der Waals surface area contributed by atoms with E-state index in [-0.39, 0.29) is 0 Å². The second-order valence-corrected chi connectivity index (χ2v) is 5.18. The first-order valence-electron chi connectivity index (χ1n) is 6.91. The molecule has 0 heteroatoms. The standard InChI is InChI=1S/C15H24/c1-2-4-6-8-10-12-15-13-14(15)11-9-7-5-3-1/h9,15H,1-8,10,12-13H2. The Morgan fingerprint density at radius 3 is 2.33 bits per heavy atom. The van der Waals surface area contributed by atoms with Crippen molar-refractivity contribution in [3.63, 3.8) is 0 Å². The summed E-state index contributed by atoms with van der Waals surface area (Å²) in [7, 11) is 0. The van der Waals surface area contributed by atoms with E-state index in [1.165, 1.54) is 70.6 Å². The predicted octanol–water partition coefficient (Wildman–Crippen LogP) is 5.00. The second-order valence-electron chi connectivity index (χ2n) is 5.18. The van der Waals surface area contributed by atoms with Crippen LogP contribution in [0.5, 0.6) is 0 Å². The van der Waals surface area contributed by atoms with Gasteiger partial charge in [0.1, 0.15) is 0 Å². The van der Waals surface area contributed by atoms with Gasteiger partial charge in [-0.1, -0.05) is 44.9 Å². The molecule has 0 spiro atoms. The van der Waals surface area contributed by atoms with Crippen molar-refractivity contribution < 1.29 is 0 Å². The lowest BCUT2D eigenvalue weighted by Crippen LogP contribution is -1.83. The van der Waals surface area contributed by atoms with Gasteiger partial charge in [0.15, 0.2) is 0 Å². The summed E-state index contributed by atoms with van der Waals surface area (Å²) < 4.78 is 0. The highest BCUT2D eigenvalue weighted by molar-refractivity contribution is 5.22. The van der Waals surface area contributed by atoms with E-state index in [0.717, 1.165) is 5.92 Å². The zero-order valence-electron chi connectivity index (χ0n) is 9.93. The van der Waals surface area contributed by atoms with Crippen molar-refractivity contribution >= 4 is 0 Å². The maximum Gasteiger partial charge on any atom is -0.00835 e. The van der Waals surface area contributed by atoms with Crippen LogP contribution in [0.1, 0.15) is 70.6 Å². The Balaban J connectivity index is 1.77. The summed E-state index contributed by atoms with van der Waals surface area (Å²) in [6, 6.07) is 0. The molecule has 0 aromatic rings. The third kappa shape index (κ3) is 4.26. The minimum Gasteiger partial charge on any atom is -0.126 e. The summed E-state index contributed by atoms with van der Waals surface area (Å²) in [6.07, 6.45) is 17.9. The lowest BCUT2D eigenvalue weighted by molar-refractivity contribution is 0.550. The van der Waals surface area contributed by atoms with Crippen molar-refractivity contribution in [3.8, 4) is 0 Å². The van der Waals surface area contributed by atoms with E-state index in [0.29, 0.717) is 0 Å². The van der Waals surface area contributed by atoms with Crippen molar-refractivity contribution in [2.75, 3.05) is 0 Å². The van der Waals surface area contributed by atoms with Crippen LogP contribution in [0.2, 0.25) is 0 Å². The molecule has 0 N–H and O–H groups in total. The Morgan fingerprint density at radius 2 is 1.53 bits per heavy atom. The van der Waals surface area contributed by atoms with E-state index in [2.05, 4.69) is 11.8 Å². The molecule has 15 heavy (non-hydrogen) atoms. The number of hydrogen-bond acceptors (Lipinski definition) is 0. The lowest BCUT2D eigenvalue weighted by Gasteiger charge is -2.01. The Hall–Kier alpha value is -0.480. The minimum atomic E-state index is 0.934. The molecule has 0 radical (unpaired) electrons. The maximum atomic E-state index is 3.50. The fraction of sp³-hybridized carbons (Fsp3) is 0.800. The van der Waals surface area contributed by atoms with Crippen LogP contribution in [0.4, 0.5) is 0 Å². The van der Waals surface area contributed by atoms with E-state index in [1.807, 2.05) is 0 Å². The molecule has 0 aliphatic heterocycles. The van der Waals surface area contributed by atoms with Gasteiger partial charge in [-0.3, -0.25) is 0 Å². The van der Waals surface area contributed by atoms with Gasteiger partial charge in [-0.25, -0.2) is 0 Å². The molecule has 2 aliphatic rings. The highest BCUT2D eigenvalue weighted by Crippen LogP contribution is 2.40. The molecule has 0 nitrogen and oxygen atoms in total. The van der Waals surface area contributed by atoms with Crippen molar-refractivity contribution in [2.45, 2.75) is 70.6 Å². The van der Waals surface area contributed by atoms with Gasteiger partial charge < -0.3 is 0 Å². The molecule has 2 aliphatic carbocycles. The van der Waals surface area contributed by atoms with E-state index in [4.69, 9.17) is 0 Å². The average molecular weight is 204 g/mol. The SMILES string of the molecule is C1=CCCCCCCCCCCC2CC=12. The summed E-state index contributed by atoms with van der Waals surface area (Å²) in [5.41, 5.74) is 5.12. The topological polar surface area (TPSA) is 0 Å². The number of fused-ring (bicyclic) bond motifs is 1. The smallest absolute Gasteiger partial charge is 0.00835 e. The van der Waals surface area contributed by atoms with Gasteiger partial charge in [0, 0.05) is 0 Å². The molecule has 1 atom stereocenters. The monoisotopic (exact) mass is 204 g/mol. The van der Waals surface area contributed by atoms with Crippen LogP contribution < -0.4 is 0 Å². The molecular weight excluding hydrogens is 180 g/mol. The van der Waals surface area contributed by atoms with Crippen molar-refractivity contribution in [2.24, 2.45) is 5.92 Å². The van der Waals surface area contributed by atoms with Gasteiger partial charge in [-0.05, 0) is 43.3 Å². The molecule has 0 saturated heterocycles. The van der Waals surface area contributed by atoms with Crippen LogP contribution in [-0.4, -0.2) is 0 Å². The van der Waals surface area contributed by atoms with E-state index >= 15 is 0 Å². The zero-order chi connectivity index (χ0) is 10.3. The van der Waals surface area contributed by atoms with Gasteiger partial charge in [-0.15, -0.1) is 5.73 Å². The number of hydrogen-bond donors (Lipinski definition) is 0. The predicted molar refractivity (Wildman–Crippen MR) is 65.9 cm³/mol. The molecule has 1 saturated carbocycles. The van der Waals surface area contributed by atoms with E-state index < -0.39 is 0 Å². The Labute approximate surface area is 94.5 Å². The average Bonchev–Trinajstić information content (AvgIpc) is 2.98. The first-order valence-corrected chi connectivity index (χ1v) is 6.91. The van der Waals surface area contributed by atoms with Crippen LogP contribution in [-0.2, 0) is 0 Å². The first kappa shape index (κ1) is 11.0. The van der Waals surface area contributed by atoms with Gasteiger partial charge >= 0.3 is 0 Å². The van der Waals surface area contributed by atoms with Gasteiger partial charge in [0.2, 0.25) is 0 Å². The second kappa shape index (κ2) is 6.18. The zero-order valence-corrected chi connectivity index (χ0v) is 9.93. The summed E-state index contributed by atoms with van der Waals surface area (Å²) in [4.78, 5) is 0. The Morgan fingerprint density at radius 1 is 0.867 bits per heavy atom. The van der Waals surface area contributed by atoms with Gasteiger partial charge in [0.05, 0.1) is 0 Å². The molecule has 0 bridgehead atoms. The lowest BCUT2D eigenvalue weighted by atomic mass is 10.0. The first-order chi connectivity index (χ1) is 7.47. The molecule has 0 amide bonds. The highest BCUT2D eigenvalue weighted by atomic mass is 14.3. The van der Waals surface area contributed by atoms with Crippen molar-refractivity contribution in [1.29, 1.82) is 0 Å². The normalized spacial score (nSPS) is 28.8. The molecule has 84 valence electrons. The number of rotatable bonds is 0. The fourth-order valence-electron chi connectivity index (χ4n) is 2.56. The maximum absolute atomic E-state index is 3.50. The largest absolute Gasteiger partial charge is 0.126 e.